The van der Waals surface area contributed by atoms with E-state index in [0.29, 0.717) is 16.1 Å². The molecule has 5 heteroatoms. The molecule has 1 unspecified atom stereocenters. The molecule has 0 amide bonds. The maximum absolute atomic E-state index is 6.22. The molecule has 1 fully saturated rings. The standard InChI is InChI=1S/C18H22Cl2N2O/c1-2-22-9-3-4-14(22)11-21-12-15-6-8-18(23-15)16-10-13(19)5-7-17(16)20/h5-8,10,14,21H,2-4,9,11-12H2,1H3. The summed E-state index contributed by atoms with van der Waals surface area (Å²) >= 11 is 12.3. The molecule has 1 aromatic heterocycles. The average Bonchev–Trinajstić information content (AvgIpc) is 3.19. The van der Waals surface area contributed by atoms with Crippen LogP contribution in [0.1, 0.15) is 25.5 Å². The Morgan fingerprint density at radius 3 is 2.96 bits per heavy atom. The fourth-order valence-corrected chi connectivity index (χ4v) is 3.59. The number of furan rings is 1. The minimum atomic E-state index is 0.646. The third-order valence-electron chi connectivity index (χ3n) is 4.44. The Morgan fingerprint density at radius 2 is 2.13 bits per heavy atom. The zero-order valence-electron chi connectivity index (χ0n) is 13.3. The summed E-state index contributed by atoms with van der Waals surface area (Å²) in [6.07, 6.45) is 2.58. The summed E-state index contributed by atoms with van der Waals surface area (Å²) in [5.41, 5.74) is 0.832. The van der Waals surface area contributed by atoms with Gasteiger partial charge in [0, 0.05) is 23.2 Å². The average molecular weight is 353 g/mol. The highest BCUT2D eigenvalue weighted by Gasteiger charge is 2.22. The Balaban J connectivity index is 1.58. The van der Waals surface area contributed by atoms with Crippen molar-refractivity contribution in [3.05, 3.63) is 46.1 Å². The summed E-state index contributed by atoms with van der Waals surface area (Å²) in [6, 6.07) is 9.99. The Morgan fingerprint density at radius 1 is 1.26 bits per heavy atom. The summed E-state index contributed by atoms with van der Waals surface area (Å²) in [5, 5.41) is 4.80. The monoisotopic (exact) mass is 352 g/mol. The van der Waals surface area contributed by atoms with Crippen LogP contribution in [0.15, 0.2) is 34.7 Å². The van der Waals surface area contributed by atoms with Gasteiger partial charge in [-0.1, -0.05) is 30.1 Å². The summed E-state index contributed by atoms with van der Waals surface area (Å²) in [6.45, 7) is 6.31. The molecule has 0 saturated carbocycles. The molecule has 2 aromatic rings. The topological polar surface area (TPSA) is 28.4 Å². The third-order valence-corrected chi connectivity index (χ3v) is 5.00. The third kappa shape index (κ3) is 4.10. The predicted molar refractivity (Wildman–Crippen MR) is 96.1 cm³/mol. The van der Waals surface area contributed by atoms with E-state index in [0.717, 1.165) is 36.7 Å². The number of likely N-dealkylation sites (tertiary alicyclic amines) is 1. The molecule has 1 aromatic carbocycles. The molecule has 1 saturated heterocycles. The van der Waals surface area contributed by atoms with Crippen molar-refractivity contribution in [2.45, 2.75) is 32.4 Å². The van der Waals surface area contributed by atoms with Crippen LogP contribution in [0.5, 0.6) is 0 Å². The molecular formula is C18H22Cl2N2O. The Bertz CT molecular complexity index is 656. The second-order valence-electron chi connectivity index (χ2n) is 5.95. The van der Waals surface area contributed by atoms with Crippen molar-refractivity contribution in [3.63, 3.8) is 0 Å². The van der Waals surface area contributed by atoms with Gasteiger partial charge in [0.15, 0.2) is 0 Å². The van der Waals surface area contributed by atoms with Crippen LogP contribution in [0.2, 0.25) is 10.0 Å². The minimum Gasteiger partial charge on any atom is -0.460 e. The minimum absolute atomic E-state index is 0.646. The number of hydrogen-bond acceptors (Lipinski definition) is 3. The molecule has 124 valence electrons. The van der Waals surface area contributed by atoms with Crippen molar-refractivity contribution in [1.29, 1.82) is 0 Å². The normalized spacial score (nSPS) is 18.7. The lowest BCUT2D eigenvalue weighted by molar-refractivity contribution is 0.258. The van der Waals surface area contributed by atoms with E-state index in [-0.39, 0.29) is 0 Å². The zero-order chi connectivity index (χ0) is 16.2. The van der Waals surface area contributed by atoms with Crippen LogP contribution in [-0.4, -0.2) is 30.6 Å². The number of likely N-dealkylation sites (N-methyl/N-ethyl adjacent to an activating group) is 1. The van der Waals surface area contributed by atoms with Crippen LogP contribution in [0, 0.1) is 0 Å². The van der Waals surface area contributed by atoms with Gasteiger partial charge in [-0.2, -0.15) is 0 Å². The molecule has 1 aliphatic rings. The number of benzene rings is 1. The first-order valence-electron chi connectivity index (χ1n) is 8.16. The quantitative estimate of drug-likeness (QED) is 0.807. The molecule has 0 radical (unpaired) electrons. The second kappa shape index (κ2) is 7.71. The zero-order valence-corrected chi connectivity index (χ0v) is 14.8. The van der Waals surface area contributed by atoms with Crippen LogP contribution in [0.3, 0.4) is 0 Å². The number of rotatable bonds is 6. The van der Waals surface area contributed by atoms with E-state index >= 15 is 0 Å². The first-order valence-corrected chi connectivity index (χ1v) is 8.92. The number of halogens is 2. The molecule has 23 heavy (non-hydrogen) atoms. The molecule has 1 aliphatic heterocycles. The first-order chi connectivity index (χ1) is 11.2. The van der Waals surface area contributed by atoms with Crippen molar-refractivity contribution in [3.8, 4) is 11.3 Å². The van der Waals surface area contributed by atoms with E-state index in [1.165, 1.54) is 19.4 Å². The fraction of sp³-hybridized carbons (Fsp3) is 0.444. The van der Waals surface area contributed by atoms with Gasteiger partial charge in [0.05, 0.1) is 11.6 Å². The smallest absolute Gasteiger partial charge is 0.135 e. The summed E-state index contributed by atoms with van der Waals surface area (Å²) < 4.78 is 5.90. The van der Waals surface area contributed by atoms with E-state index in [1.807, 2.05) is 18.2 Å². The van der Waals surface area contributed by atoms with Crippen LogP contribution >= 0.6 is 23.2 Å². The van der Waals surface area contributed by atoms with Crippen molar-refractivity contribution in [2.75, 3.05) is 19.6 Å². The second-order valence-corrected chi connectivity index (χ2v) is 6.79. The molecule has 1 N–H and O–H groups in total. The van der Waals surface area contributed by atoms with Gasteiger partial charge in [0.25, 0.3) is 0 Å². The van der Waals surface area contributed by atoms with Gasteiger partial charge in [-0.3, -0.25) is 4.90 Å². The van der Waals surface area contributed by atoms with Gasteiger partial charge in [0.1, 0.15) is 11.5 Å². The SMILES string of the molecule is CCN1CCCC1CNCc1ccc(-c2cc(Cl)ccc2Cl)o1. The summed E-state index contributed by atoms with van der Waals surface area (Å²) in [5.74, 6) is 1.67. The van der Waals surface area contributed by atoms with E-state index in [1.54, 1.807) is 12.1 Å². The molecule has 3 rings (SSSR count). The highest BCUT2D eigenvalue weighted by Crippen LogP contribution is 2.31. The first kappa shape index (κ1) is 16.8. The van der Waals surface area contributed by atoms with E-state index < -0.39 is 0 Å². The lowest BCUT2D eigenvalue weighted by Crippen LogP contribution is -2.37. The van der Waals surface area contributed by atoms with Gasteiger partial charge in [-0.05, 0) is 56.3 Å². The van der Waals surface area contributed by atoms with Crippen LogP contribution < -0.4 is 5.32 Å². The van der Waals surface area contributed by atoms with Gasteiger partial charge in [-0.25, -0.2) is 0 Å². The van der Waals surface area contributed by atoms with Crippen molar-refractivity contribution in [2.24, 2.45) is 0 Å². The molecule has 1 atom stereocenters. The lowest BCUT2D eigenvalue weighted by atomic mass is 10.2. The maximum atomic E-state index is 6.22. The van der Waals surface area contributed by atoms with Gasteiger partial charge < -0.3 is 9.73 Å². The van der Waals surface area contributed by atoms with Crippen molar-refractivity contribution in [1.82, 2.24) is 10.2 Å². The Labute approximate surface area is 147 Å². The number of hydrogen-bond donors (Lipinski definition) is 1. The molecular weight excluding hydrogens is 331 g/mol. The van der Waals surface area contributed by atoms with E-state index in [9.17, 15) is 0 Å². The molecule has 3 nitrogen and oxygen atoms in total. The summed E-state index contributed by atoms with van der Waals surface area (Å²) in [4.78, 5) is 2.53. The van der Waals surface area contributed by atoms with Gasteiger partial charge >= 0.3 is 0 Å². The van der Waals surface area contributed by atoms with Gasteiger partial charge in [-0.15, -0.1) is 0 Å². The maximum Gasteiger partial charge on any atom is 0.135 e. The van der Waals surface area contributed by atoms with E-state index in [2.05, 4.69) is 17.1 Å². The van der Waals surface area contributed by atoms with Crippen LogP contribution in [0.4, 0.5) is 0 Å². The Kier molecular flexibility index (Phi) is 5.65. The van der Waals surface area contributed by atoms with Crippen molar-refractivity contribution >= 4 is 23.2 Å². The highest BCUT2D eigenvalue weighted by molar-refractivity contribution is 6.35. The van der Waals surface area contributed by atoms with Crippen LogP contribution in [0.25, 0.3) is 11.3 Å². The summed E-state index contributed by atoms with van der Waals surface area (Å²) in [7, 11) is 0. The number of nitrogens with one attached hydrogen (secondary N) is 1. The largest absolute Gasteiger partial charge is 0.460 e. The van der Waals surface area contributed by atoms with E-state index in [4.69, 9.17) is 27.6 Å². The van der Waals surface area contributed by atoms with Crippen molar-refractivity contribution < 1.29 is 4.42 Å². The van der Waals surface area contributed by atoms with Gasteiger partial charge in [0.2, 0.25) is 0 Å². The molecule has 0 bridgehead atoms. The molecule has 2 heterocycles. The fourth-order valence-electron chi connectivity index (χ4n) is 3.21. The highest BCUT2D eigenvalue weighted by atomic mass is 35.5. The Hall–Kier alpha value is -1.00. The lowest BCUT2D eigenvalue weighted by Gasteiger charge is -2.22. The van der Waals surface area contributed by atoms with Crippen LogP contribution in [-0.2, 0) is 6.54 Å². The molecule has 0 aliphatic carbocycles. The predicted octanol–water partition coefficient (Wildman–Crippen LogP) is 4.83. The molecule has 0 spiro atoms. The number of nitrogens with zero attached hydrogens (tertiary/aromatic N) is 1.